The molecule has 0 bridgehead atoms. The second-order valence-electron chi connectivity index (χ2n) is 24.5. The van der Waals surface area contributed by atoms with Gasteiger partial charge in [0, 0.05) is 61.9 Å². The van der Waals surface area contributed by atoms with Crippen molar-refractivity contribution in [2.24, 2.45) is 0 Å². The third-order valence-electron chi connectivity index (χ3n) is 20.0. The van der Waals surface area contributed by atoms with Gasteiger partial charge in [-0.25, -0.2) is 0 Å². The summed E-state index contributed by atoms with van der Waals surface area (Å²) in [5, 5.41) is 9.66. The zero-order valence-electron chi connectivity index (χ0n) is 48.5. The summed E-state index contributed by atoms with van der Waals surface area (Å²) in [7, 11) is 0. The van der Waals surface area contributed by atoms with Crippen LogP contribution >= 0.6 is 22.7 Å². The fourth-order valence-electron chi connectivity index (χ4n) is 16.2. The molecule has 4 aromatic heterocycles. The van der Waals surface area contributed by atoms with Crippen LogP contribution in [0.5, 0.6) is 0 Å². The molecule has 20 rings (SSSR count). The van der Waals surface area contributed by atoms with Crippen LogP contribution in [0, 0.1) is 0 Å². The molecule has 14 aromatic carbocycles. The summed E-state index contributed by atoms with van der Waals surface area (Å²) in [5.74, 6) is 0. The van der Waals surface area contributed by atoms with Crippen LogP contribution in [0.25, 0.3) is 140 Å². The predicted molar refractivity (Wildman–Crippen MR) is 378 cm³/mol. The van der Waals surface area contributed by atoms with Crippen LogP contribution < -0.4 is 0 Å². The van der Waals surface area contributed by atoms with Gasteiger partial charge < -0.3 is 8.83 Å². The molecule has 0 saturated carbocycles. The van der Waals surface area contributed by atoms with Crippen molar-refractivity contribution in [3.63, 3.8) is 0 Å². The molecule has 1 unspecified atom stereocenters. The van der Waals surface area contributed by atoms with Crippen molar-refractivity contribution in [2.45, 2.75) is 10.8 Å². The molecule has 18 aromatic rings. The second kappa shape index (κ2) is 18.8. The Morgan fingerprint density at radius 3 is 1.37 bits per heavy atom. The van der Waals surface area contributed by atoms with Crippen molar-refractivity contribution >= 4 is 107 Å². The van der Waals surface area contributed by atoms with Crippen molar-refractivity contribution in [1.82, 2.24) is 0 Å². The SMILES string of the molecule is c1ccc(C2(c3cccc(-c4ccc5sc6cc(-c7cccc8oc9cc%10c(cc9c78)-c7ccccc7C%10(c7ccccc7)c7ccccc7)ccc6c5c4)c3)c3ccccc3-c3cc4c(cc32)oc2ccc(-c3ccc5c(c3)sc3ccccc35)cc24)cc1. The normalized spacial score (nSPS) is 14.8. The van der Waals surface area contributed by atoms with Gasteiger partial charge in [0.25, 0.3) is 0 Å². The zero-order valence-corrected chi connectivity index (χ0v) is 50.1. The fourth-order valence-corrected chi connectivity index (χ4v) is 18.4. The molecule has 4 heteroatoms. The van der Waals surface area contributed by atoms with Crippen LogP contribution in [-0.4, -0.2) is 0 Å². The lowest BCUT2D eigenvalue weighted by Crippen LogP contribution is -2.28. The Balaban J connectivity index is 0.693. The Morgan fingerprint density at radius 2 is 0.667 bits per heavy atom. The number of fused-ring (bicyclic) bond motifs is 18. The molecule has 0 N–H and O–H groups in total. The zero-order chi connectivity index (χ0) is 58.8. The molecular weight excluding hydrogens is 1130 g/mol. The molecule has 2 aliphatic carbocycles. The molecule has 418 valence electrons. The van der Waals surface area contributed by atoms with E-state index >= 15 is 0 Å². The maximum absolute atomic E-state index is 6.96. The summed E-state index contributed by atoms with van der Waals surface area (Å²) in [6, 6.07) is 113. The van der Waals surface area contributed by atoms with E-state index < -0.39 is 10.8 Å². The van der Waals surface area contributed by atoms with Crippen molar-refractivity contribution in [3.8, 4) is 55.6 Å². The molecular formula is C86H50O2S2. The van der Waals surface area contributed by atoms with E-state index in [-0.39, 0.29) is 0 Å². The predicted octanol–water partition coefficient (Wildman–Crippen LogP) is 23.9. The van der Waals surface area contributed by atoms with Crippen molar-refractivity contribution in [1.29, 1.82) is 0 Å². The minimum atomic E-state index is -0.626. The average molecular weight is 1180 g/mol. The first kappa shape index (κ1) is 50.2. The van der Waals surface area contributed by atoms with Crippen LogP contribution in [0.4, 0.5) is 0 Å². The molecule has 1 atom stereocenters. The molecule has 2 nitrogen and oxygen atoms in total. The number of hydrogen-bond donors (Lipinski definition) is 0. The maximum Gasteiger partial charge on any atom is 0.136 e. The van der Waals surface area contributed by atoms with Gasteiger partial charge in [0.15, 0.2) is 0 Å². The summed E-state index contributed by atoms with van der Waals surface area (Å²) in [4.78, 5) is 0. The third-order valence-corrected chi connectivity index (χ3v) is 22.3. The van der Waals surface area contributed by atoms with Gasteiger partial charge >= 0.3 is 0 Å². The Kier molecular flexibility index (Phi) is 10.5. The lowest BCUT2D eigenvalue weighted by atomic mass is 9.67. The first-order valence-electron chi connectivity index (χ1n) is 30.9. The van der Waals surface area contributed by atoms with Gasteiger partial charge in [-0.05, 0) is 179 Å². The van der Waals surface area contributed by atoms with Crippen molar-refractivity contribution in [3.05, 3.63) is 348 Å². The molecule has 0 amide bonds. The molecule has 0 spiro atoms. The Bertz CT molecular complexity index is 6000. The van der Waals surface area contributed by atoms with Gasteiger partial charge in [-0.3, -0.25) is 0 Å². The van der Waals surface area contributed by atoms with Crippen LogP contribution in [0.15, 0.2) is 312 Å². The highest BCUT2D eigenvalue weighted by atomic mass is 32.1. The number of rotatable bonds is 7. The maximum atomic E-state index is 6.96. The van der Waals surface area contributed by atoms with Gasteiger partial charge in [0.05, 0.1) is 10.8 Å². The summed E-state index contributed by atoms with van der Waals surface area (Å²) in [6.45, 7) is 0. The molecule has 0 fully saturated rings. The van der Waals surface area contributed by atoms with Crippen molar-refractivity contribution < 1.29 is 8.83 Å². The van der Waals surface area contributed by atoms with E-state index in [0.717, 1.165) is 43.9 Å². The lowest BCUT2D eigenvalue weighted by Gasteiger charge is -2.34. The number of furan rings is 2. The highest BCUT2D eigenvalue weighted by Gasteiger charge is 2.48. The molecule has 0 aliphatic heterocycles. The molecule has 90 heavy (non-hydrogen) atoms. The topological polar surface area (TPSA) is 26.3 Å². The van der Waals surface area contributed by atoms with Gasteiger partial charge in [-0.1, -0.05) is 224 Å². The number of benzene rings is 14. The fraction of sp³-hybridized carbons (Fsp3) is 0.0233. The third kappa shape index (κ3) is 6.92. The van der Waals surface area contributed by atoms with Gasteiger partial charge in [0.2, 0.25) is 0 Å². The Labute approximate surface area is 526 Å². The van der Waals surface area contributed by atoms with Crippen LogP contribution in [0.1, 0.15) is 44.5 Å². The average Bonchev–Trinajstić information content (AvgIpc) is 1.53. The van der Waals surface area contributed by atoms with Crippen LogP contribution in [0.2, 0.25) is 0 Å². The molecule has 2 aliphatic rings. The first-order chi connectivity index (χ1) is 44.6. The van der Waals surface area contributed by atoms with E-state index in [1.165, 1.54) is 140 Å². The number of hydrogen-bond acceptors (Lipinski definition) is 4. The van der Waals surface area contributed by atoms with E-state index in [4.69, 9.17) is 8.83 Å². The largest absolute Gasteiger partial charge is 0.456 e. The first-order valence-corrected chi connectivity index (χ1v) is 32.6. The number of thiophene rings is 2. The highest BCUT2D eigenvalue weighted by molar-refractivity contribution is 7.26. The lowest BCUT2D eigenvalue weighted by molar-refractivity contribution is 0.665. The Morgan fingerprint density at radius 1 is 0.211 bits per heavy atom. The second-order valence-corrected chi connectivity index (χ2v) is 26.7. The van der Waals surface area contributed by atoms with Crippen LogP contribution in [-0.2, 0) is 10.8 Å². The Hall–Kier alpha value is -10.9. The van der Waals surface area contributed by atoms with E-state index in [1.54, 1.807) is 0 Å². The minimum Gasteiger partial charge on any atom is -0.456 e. The van der Waals surface area contributed by atoms with Gasteiger partial charge in [0.1, 0.15) is 22.3 Å². The summed E-state index contributed by atoms with van der Waals surface area (Å²) >= 11 is 3.73. The van der Waals surface area contributed by atoms with Crippen LogP contribution in [0.3, 0.4) is 0 Å². The summed E-state index contributed by atoms with van der Waals surface area (Å²) in [5.41, 5.74) is 24.5. The molecule has 0 radical (unpaired) electrons. The molecule has 0 saturated heterocycles. The quantitative estimate of drug-likeness (QED) is 0.159. The summed E-state index contributed by atoms with van der Waals surface area (Å²) in [6.07, 6.45) is 0. The highest BCUT2D eigenvalue weighted by Crippen LogP contribution is 2.60. The van der Waals surface area contributed by atoms with E-state index in [2.05, 4.69) is 303 Å². The minimum absolute atomic E-state index is 0.507. The molecule has 4 heterocycles. The van der Waals surface area contributed by atoms with Gasteiger partial charge in [-0.15, -0.1) is 22.7 Å². The van der Waals surface area contributed by atoms with E-state index in [9.17, 15) is 0 Å². The van der Waals surface area contributed by atoms with Gasteiger partial charge in [-0.2, -0.15) is 0 Å². The monoisotopic (exact) mass is 1180 g/mol. The van der Waals surface area contributed by atoms with Crippen molar-refractivity contribution in [2.75, 3.05) is 0 Å². The van der Waals surface area contributed by atoms with E-state index in [1.807, 2.05) is 22.7 Å². The summed E-state index contributed by atoms with van der Waals surface area (Å²) < 4.78 is 19.0. The smallest absolute Gasteiger partial charge is 0.136 e. The standard InChI is InChI=1S/C86H50O2S2/c1-4-19-56(20-5-1)85(57-21-6-2-7-22-57)72-30-13-10-27-62(72)67-48-71-79(50-74(67)85)88-77-32-17-29-60(84(71)77)55-35-39-65-70-44-53(37-41-81(70)90-83(65)46-55)51-18-16-25-59(42-51)86(58-23-8-3-9-24-58)73-31-14-11-26-61(73)66-47-69-68-43-52(36-40-76(68)87-78(69)49-75(66)86)54-34-38-64-63-28-12-15-33-80(63)89-82(64)45-54/h1-50H. The van der Waals surface area contributed by atoms with E-state index in [0.29, 0.717) is 0 Å².